The number of para-hydroxylation sites is 3. The van der Waals surface area contributed by atoms with E-state index < -0.39 is 0 Å². The molecule has 2 aromatic heterocycles. The lowest BCUT2D eigenvalue weighted by Crippen LogP contribution is -2.25. The van der Waals surface area contributed by atoms with E-state index in [4.69, 9.17) is 9.72 Å². The van der Waals surface area contributed by atoms with E-state index in [9.17, 15) is 0 Å². The van der Waals surface area contributed by atoms with Crippen LogP contribution in [0.5, 0.6) is 11.5 Å². The Labute approximate surface area is 386 Å². The maximum atomic E-state index is 7.04. The number of rotatable bonds is 7. The van der Waals surface area contributed by atoms with Gasteiger partial charge < -0.3 is 14.5 Å². The minimum Gasteiger partial charge on any atom is -0.457 e. The fourth-order valence-corrected chi connectivity index (χ4v) is 10.6. The molecule has 0 saturated heterocycles. The van der Waals surface area contributed by atoms with Crippen molar-refractivity contribution in [2.75, 3.05) is 16.5 Å². The zero-order chi connectivity index (χ0) is 44.7. The van der Waals surface area contributed by atoms with E-state index >= 15 is 0 Å². The predicted molar refractivity (Wildman–Crippen MR) is 274 cm³/mol. The number of aromatic nitrogens is 2. The van der Waals surface area contributed by atoms with Gasteiger partial charge >= 0.3 is 0 Å². The van der Waals surface area contributed by atoms with E-state index in [0.29, 0.717) is 6.67 Å². The van der Waals surface area contributed by atoms with E-state index in [1.807, 2.05) is 6.20 Å². The summed E-state index contributed by atoms with van der Waals surface area (Å²) in [5, 5.41) is 2.34. The number of benzene rings is 8. The predicted octanol–water partition coefficient (Wildman–Crippen LogP) is 16.2. The van der Waals surface area contributed by atoms with Crippen molar-refractivity contribution in [3.05, 3.63) is 217 Å². The van der Waals surface area contributed by atoms with Crippen molar-refractivity contribution in [2.24, 2.45) is 0 Å². The molecule has 0 radical (unpaired) electrons. The molecular formula is C61H50N4O. The quantitative estimate of drug-likeness (QED) is 0.160. The van der Waals surface area contributed by atoms with Crippen LogP contribution in [0.25, 0.3) is 61.0 Å². The van der Waals surface area contributed by atoms with Gasteiger partial charge in [0.1, 0.15) is 24.0 Å². The average Bonchev–Trinajstić information content (AvgIpc) is 3.97. The van der Waals surface area contributed by atoms with Gasteiger partial charge in [0.15, 0.2) is 0 Å². The molecule has 0 atom stereocenters. The van der Waals surface area contributed by atoms with Gasteiger partial charge in [-0.3, -0.25) is 4.57 Å². The molecule has 3 heterocycles. The van der Waals surface area contributed by atoms with Gasteiger partial charge in [0.05, 0.1) is 28.1 Å². The molecule has 0 amide bonds. The molecule has 0 N–H and O–H groups in total. The van der Waals surface area contributed by atoms with Crippen LogP contribution in [0.2, 0.25) is 0 Å². The first-order valence-electron chi connectivity index (χ1n) is 23.0. The lowest BCUT2D eigenvalue weighted by molar-refractivity contribution is 0.483. The first kappa shape index (κ1) is 39.7. The van der Waals surface area contributed by atoms with E-state index in [1.54, 1.807) is 0 Å². The minimum atomic E-state index is -0.134. The molecule has 1 aliphatic carbocycles. The molecule has 2 aliphatic rings. The van der Waals surface area contributed by atoms with Crippen molar-refractivity contribution in [1.82, 2.24) is 9.55 Å². The second-order valence-electron chi connectivity index (χ2n) is 19.2. The smallest absolute Gasteiger partial charge is 0.137 e. The van der Waals surface area contributed by atoms with Crippen LogP contribution in [0.3, 0.4) is 0 Å². The van der Waals surface area contributed by atoms with Gasteiger partial charge in [-0.15, -0.1) is 0 Å². The molecule has 320 valence electrons. The molecule has 5 nitrogen and oxygen atoms in total. The largest absolute Gasteiger partial charge is 0.457 e. The zero-order valence-corrected chi connectivity index (χ0v) is 38.0. The van der Waals surface area contributed by atoms with Gasteiger partial charge in [0.25, 0.3) is 0 Å². The topological polar surface area (TPSA) is 33.5 Å². The lowest BCUT2D eigenvalue weighted by Gasteiger charge is -2.28. The van der Waals surface area contributed by atoms with Crippen LogP contribution in [0, 0.1) is 0 Å². The molecule has 0 unspecified atom stereocenters. The maximum Gasteiger partial charge on any atom is 0.137 e. The normalized spacial score (nSPS) is 13.8. The lowest BCUT2D eigenvalue weighted by atomic mass is 9.82. The maximum absolute atomic E-state index is 7.04. The molecule has 0 saturated carbocycles. The van der Waals surface area contributed by atoms with Crippen LogP contribution in [-0.4, -0.2) is 16.2 Å². The molecule has 66 heavy (non-hydrogen) atoms. The van der Waals surface area contributed by atoms with E-state index in [0.717, 1.165) is 50.9 Å². The Balaban J connectivity index is 0.985. The number of hydrogen-bond donors (Lipinski definition) is 0. The minimum absolute atomic E-state index is 0.0362. The SMILES string of the molecule is CC(C)(C)c1ccnc(-n2c3ccccc3c3c(-c4ccccc4)cc(Oc4cccc(N5CN(c6c(-c7ccccc7)ccc7c6-c6ccccc6C7(C)C)c6ccccc65)c4)cc32)c1. The third-order valence-corrected chi connectivity index (χ3v) is 13.9. The fraction of sp³-hybridized carbons (Fsp3) is 0.131. The molecule has 0 fully saturated rings. The molecule has 12 rings (SSSR count). The molecule has 1 aliphatic heterocycles. The van der Waals surface area contributed by atoms with Gasteiger partial charge in [0, 0.05) is 51.3 Å². The Kier molecular flexibility index (Phi) is 9.08. The van der Waals surface area contributed by atoms with Gasteiger partial charge in [-0.2, -0.15) is 0 Å². The second kappa shape index (κ2) is 15.1. The third-order valence-electron chi connectivity index (χ3n) is 13.9. The Morgan fingerprint density at radius 2 is 1.21 bits per heavy atom. The van der Waals surface area contributed by atoms with Gasteiger partial charge in [0.2, 0.25) is 0 Å². The number of nitrogens with zero attached hydrogens (tertiary/aromatic N) is 4. The Morgan fingerprint density at radius 1 is 0.530 bits per heavy atom. The van der Waals surface area contributed by atoms with Crippen molar-refractivity contribution in [2.45, 2.75) is 45.4 Å². The number of pyridine rings is 1. The summed E-state index contributed by atoms with van der Waals surface area (Å²) in [6, 6.07) is 69.9. The first-order chi connectivity index (χ1) is 32.1. The van der Waals surface area contributed by atoms with Crippen molar-refractivity contribution in [3.8, 4) is 50.7 Å². The van der Waals surface area contributed by atoms with Gasteiger partial charge in [-0.05, 0) is 92.9 Å². The van der Waals surface area contributed by atoms with Crippen LogP contribution in [0.1, 0.15) is 51.3 Å². The molecular weight excluding hydrogens is 805 g/mol. The summed E-state index contributed by atoms with van der Waals surface area (Å²) in [6.07, 6.45) is 1.94. The highest BCUT2D eigenvalue weighted by atomic mass is 16.5. The number of anilines is 4. The van der Waals surface area contributed by atoms with E-state index in [2.05, 4.69) is 243 Å². The second-order valence-corrected chi connectivity index (χ2v) is 19.2. The summed E-state index contributed by atoms with van der Waals surface area (Å²) >= 11 is 0. The highest BCUT2D eigenvalue weighted by Gasteiger charge is 2.40. The monoisotopic (exact) mass is 854 g/mol. The zero-order valence-electron chi connectivity index (χ0n) is 38.0. The van der Waals surface area contributed by atoms with E-state index in [1.165, 1.54) is 61.1 Å². The third kappa shape index (κ3) is 6.33. The summed E-state index contributed by atoms with van der Waals surface area (Å²) in [5.41, 5.74) is 17.8. The van der Waals surface area contributed by atoms with Crippen molar-refractivity contribution in [3.63, 3.8) is 0 Å². The Hall–Kier alpha value is -7.89. The summed E-state index contributed by atoms with van der Waals surface area (Å²) in [4.78, 5) is 9.94. The van der Waals surface area contributed by atoms with Gasteiger partial charge in [-0.1, -0.05) is 168 Å². The summed E-state index contributed by atoms with van der Waals surface area (Å²) in [6.45, 7) is 12.1. The molecule has 8 aromatic carbocycles. The van der Waals surface area contributed by atoms with Crippen LogP contribution >= 0.6 is 0 Å². The highest BCUT2D eigenvalue weighted by molar-refractivity contribution is 6.16. The van der Waals surface area contributed by atoms with Gasteiger partial charge in [-0.25, -0.2) is 4.98 Å². The first-order valence-corrected chi connectivity index (χ1v) is 23.0. The summed E-state index contributed by atoms with van der Waals surface area (Å²) < 4.78 is 9.34. The van der Waals surface area contributed by atoms with Crippen LogP contribution in [0.4, 0.5) is 22.7 Å². The Bertz CT molecular complexity index is 3510. The number of hydrogen-bond acceptors (Lipinski definition) is 4. The number of ether oxygens (including phenoxy) is 1. The Morgan fingerprint density at radius 3 is 1.98 bits per heavy atom. The summed E-state index contributed by atoms with van der Waals surface area (Å²) in [5.74, 6) is 2.40. The van der Waals surface area contributed by atoms with Crippen LogP contribution in [-0.2, 0) is 10.8 Å². The van der Waals surface area contributed by atoms with Crippen LogP contribution < -0.4 is 14.5 Å². The van der Waals surface area contributed by atoms with Crippen molar-refractivity contribution >= 4 is 44.6 Å². The molecule has 10 aromatic rings. The van der Waals surface area contributed by atoms with Crippen LogP contribution in [0.15, 0.2) is 200 Å². The van der Waals surface area contributed by atoms with Crippen molar-refractivity contribution in [1.29, 1.82) is 0 Å². The molecule has 0 bridgehead atoms. The highest BCUT2D eigenvalue weighted by Crippen LogP contribution is 2.58. The molecule has 0 spiro atoms. The fourth-order valence-electron chi connectivity index (χ4n) is 10.6. The standard InChI is InChI=1S/C61H50N4O/c1-60(2,3)42-33-34-62-56(35-42)65-52-28-15-13-26-48(52)57-49(41-21-10-7-11-22-41)37-45(38-55(57)65)66-44-24-18-23-43(36-44)63-39-64(54-30-17-16-29-53(54)63)59-46(40-19-8-6-9-20-40)31-32-51-58(59)47-25-12-14-27-50(47)61(51,4)5/h6-38H,39H2,1-5H3. The summed E-state index contributed by atoms with van der Waals surface area (Å²) in [7, 11) is 0. The molecule has 5 heteroatoms. The van der Waals surface area contributed by atoms with E-state index in [-0.39, 0.29) is 10.8 Å². The average molecular weight is 855 g/mol. The number of fused-ring (bicyclic) bond motifs is 7. The van der Waals surface area contributed by atoms with Crippen molar-refractivity contribution < 1.29 is 4.74 Å².